The van der Waals surface area contributed by atoms with Crippen LogP contribution < -0.4 is 0 Å². The van der Waals surface area contributed by atoms with Gasteiger partial charge in [-0.3, -0.25) is 9.59 Å². The van der Waals surface area contributed by atoms with Crippen LogP contribution in [0.2, 0.25) is 0 Å². The lowest BCUT2D eigenvalue weighted by molar-refractivity contribution is -0.139. The topological polar surface area (TPSA) is 57.6 Å². The number of nitrogens with zero attached hydrogens (tertiary/aromatic N) is 1. The molecule has 2 rings (SSSR count). The van der Waals surface area contributed by atoms with Crippen molar-refractivity contribution in [3.63, 3.8) is 0 Å². The fourth-order valence-electron chi connectivity index (χ4n) is 2.84. The zero-order valence-electron chi connectivity index (χ0n) is 10.6. The van der Waals surface area contributed by atoms with Crippen LogP contribution in [0.25, 0.3) is 0 Å². The Kier molecular flexibility index (Phi) is 4.92. The smallest absolute Gasteiger partial charge is 0.303 e. The second kappa shape index (κ2) is 6.45. The molecule has 1 amide bonds. The highest BCUT2D eigenvalue weighted by molar-refractivity contribution is 8.00. The van der Waals surface area contributed by atoms with E-state index in [1.54, 1.807) is 11.8 Å². The molecule has 18 heavy (non-hydrogen) atoms. The van der Waals surface area contributed by atoms with Crippen LogP contribution in [0.3, 0.4) is 0 Å². The van der Waals surface area contributed by atoms with Gasteiger partial charge in [0.25, 0.3) is 0 Å². The molecule has 0 spiro atoms. The zero-order chi connectivity index (χ0) is 13.0. The molecule has 2 fully saturated rings. The van der Waals surface area contributed by atoms with Crippen molar-refractivity contribution in [3.8, 4) is 0 Å². The molecule has 2 aliphatic rings. The molecule has 0 aromatic rings. The molecule has 0 aromatic heterocycles. The second-order valence-electron chi connectivity index (χ2n) is 5.12. The van der Waals surface area contributed by atoms with Gasteiger partial charge in [0.2, 0.25) is 5.91 Å². The van der Waals surface area contributed by atoms with Gasteiger partial charge >= 0.3 is 5.97 Å². The summed E-state index contributed by atoms with van der Waals surface area (Å²) in [5, 5.41) is 8.91. The monoisotopic (exact) mass is 271 g/mol. The Hall–Kier alpha value is -0.710. The third kappa shape index (κ3) is 3.40. The lowest BCUT2D eigenvalue weighted by atomic mass is 9.97. The van der Waals surface area contributed by atoms with Gasteiger partial charge in [0.1, 0.15) is 0 Å². The normalized spacial score (nSPS) is 28.3. The molecule has 0 saturated carbocycles. The van der Waals surface area contributed by atoms with Crippen molar-refractivity contribution in [3.05, 3.63) is 0 Å². The Morgan fingerprint density at radius 2 is 2.06 bits per heavy atom. The summed E-state index contributed by atoms with van der Waals surface area (Å²) in [6.45, 7) is 0.820. The van der Waals surface area contributed by atoms with Crippen LogP contribution in [0.1, 0.15) is 44.9 Å². The van der Waals surface area contributed by atoms with Crippen LogP contribution in [-0.4, -0.2) is 45.5 Å². The Labute approximate surface area is 112 Å². The van der Waals surface area contributed by atoms with E-state index in [2.05, 4.69) is 0 Å². The molecular formula is C13H21NO3S. The summed E-state index contributed by atoms with van der Waals surface area (Å²) in [6, 6.07) is 0.156. The van der Waals surface area contributed by atoms with Gasteiger partial charge in [-0.1, -0.05) is 0 Å². The van der Waals surface area contributed by atoms with Crippen molar-refractivity contribution < 1.29 is 14.7 Å². The molecular weight excluding hydrogens is 250 g/mol. The number of hydrogen-bond acceptors (Lipinski definition) is 3. The largest absolute Gasteiger partial charge is 0.481 e. The lowest BCUT2D eigenvalue weighted by Crippen LogP contribution is -2.47. The lowest BCUT2D eigenvalue weighted by Gasteiger charge is -2.37. The molecule has 1 N–H and O–H groups in total. The van der Waals surface area contributed by atoms with E-state index in [0.717, 1.165) is 44.4 Å². The third-order valence-electron chi connectivity index (χ3n) is 3.81. The van der Waals surface area contributed by atoms with Gasteiger partial charge in [0.15, 0.2) is 0 Å². The molecule has 0 bridgehead atoms. The van der Waals surface area contributed by atoms with Gasteiger partial charge in [-0.2, -0.15) is 0 Å². The van der Waals surface area contributed by atoms with Crippen LogP contribution in [0.4, 0.5) is 0 Å². The van der Waals surface area contributed by atoms with Crippen molar-refractivity contribution >= 4 is 23.6 Å². The fourth-order valence-corrected chi connectivity index (χ4v) is 4.07. The molecule has 4 nitrogen and oxygen atoms in total. The summed E-state index contributed by atoms with van der Waals surface area (Å²) in [5.41, 5.74) is 0. The number of hydrogen-bond donors (Lipinski definition) is 1. The molecule has 0 radical (unpaired) electrons. The summed E-state index contributed by atoms with van der Waals surface area (Å²) in [5.74, 6) is 0.583. The van der Waals surface area contributed by atoms with E-state index in [0.29, 0.717) is 6.42 Å². The molecule has 2 atom stereocenters. The minimum Gasteiger partial charge on any atom is -0.481 e. The van der Waals surface area contributed by atoms with Crippen LogP contribution in [-0.2, 0) is 9.59 Å². The number of carboxylic acids is 1. The van der Waals surface area contributed by atoms with Crippen molar-refractivity contribution in [2.75, 3.05) is 12.3 Å². The average Bonchev–Trinajstić information content (AvgIpc) is 2.89. The van der Waals surface area contributed by atoms with Gasteiger partial charge in [-0.15, -0.1) is 11.8 Å². The first kappa shape index (κ1) is 13.7. The maximum atomic E-state index is 12.4. The van der Waals surface area contributed by atoms with Gasteiger partial charge in [-0.25, -0.2) is 0 Å². The Balaban J connectivity index is 1.93. The van der Waals surface area contributed by atoms with Crippen molar-refractivity contribution in [2.24, 2.45) is 0 Å². The molecule has 5 heteroatoms. The molecule has 2 unspecified atom stereocenters. The fraction of sp³-hybridized carbons (Fsp3) is 0.846. The SMILES string of the molecule is O=C(O)CCC1CCCCN1C(=O)C1CCCS1. The number of carbonyl (C=O) groups excluding carboxylic acids is 1. The van der Waals surface area contributed by atoms with E-state index in [1.165, 1.54) is 0 Å². The van der Waals surface area contributed by atoms with Gasteiger partial charge < -0.3 is 10.0 Å². The van der Waals surface area contributed by atoms with Gasteiger partial charge in [0, 0.05) is 19.0 Å². The number of aliphatic carboxylic acids is 1. The van der Waals surface area contributed by atoms with Gasteiger partial charge in [0.05, 0.1) is 5.25 Å². The van der Waals surface area contributed by atoms with Crippen molar-refractivity contribution in [1.82, 2.24) is 4.90 Å². The van der Waals surface area contributed by atoms with Crippen molar-refractivity contribution in [2.45, 2.75) is 56.2 Å². The number of piperidine rings is 1. The minimum absolute atomic E-state index is 0.135. The quantitative estimate of drug-likeness (QED) is 0.851. The molecule has 2 heterocycles. The predicted octanol–water partition coefficient (Wildman–Crippen LogP) is 2.13. The Morgan fingerprint density at radius 3 is 2.72 bits per heavy atom. The number of carboxylic acid groups (broad SMARTS) is 1. The highest BCUT2D eigenvalue weighted by Gasteiger charge is 2.33. The molecule has 0 aliphatic carbocycles. The van der Waals surface area contributed by atoms with E-state index >= 15 is 0 Å². The molecule has 102 valence electrons. The average molecular weight is 271 g/mol. The van der Waals surface area contributed by atoms with Crippen LogP contribution in [0.15, 0.2) is 0 Å². The number of amides is 1. The Morgan fingerprint density at radius 1 is 1.22 bits per heavy atom. The van der Waals surface area contributed by atoms with Crippen LogP contribution in [0, 0.1) is 0 Å². The van der Waals surface area contributed by atoms with E-state index in [1.807, 2.05) is 4.90 Å². The first-order chi connectivity index (χ1) is 8.68. The molecule has 0 aromatic carbocycles. The van der Waals surface area contributed by atoms with Crippen LogP contribution >= 0.6 is 11.8 Å². The zero-order valence-corrected chi connectivity index (χ0v) is 11.5. The van der Waals surface area contributed by atoms with E-state index < -0.39 is 5.97 Å². The summed E-state index contributed by atoms with van der Waals surface area (Å²) in [6.07, 6.45) is 6.06. The number of likely N-dealkylation sites (tertiary alicyclic amines) is 1. The van der Waals surface area contributed by atoms with E-state index in [9.17, 15) is 9.59 Å². The molecule has 2 saturated heterocycles. The highest BCUT2D eigenvalue weighted by Crippen LogP contribution is 2.30. The first-order valence-electron chi connectivity index (χ1n) is 6.82. The van der Waals surface area contributed by atoms with E-state index in [-0.39, 0.29) is 23.6 Å². The second-order valence-corrected chi connectivity index (χ2v) is 6.43. The summed E-state index contributed by atoms with van der Waals surface area (Å²) in [4.78, 5) is 25.0. The van der Waals surface area contributed by atoms with Gasteiger partial charge in [-0.05, 0) is 44.3 Å². The predicted molar refractivity (Wildman–Crippen MR) is 71.7 cm³/mol. The number of thioether (sulfide) groups is 1. The number of rotatable bonds is 4. The standard InChI is InChI=1S/C13H21NO3S/c15-12(16)7-6-10-4-1-2-8-14(10)13(17)11-5-3-9-18-11/h10-11H,1-9H2,(H,15,16). The Bertz CT molecular complexity index is 315. The summed E-state index contributed by atoms with van der Waals surface area (Å²) in [7, 11) is 0. The van der Waals surface area contributed by atoms with Crippen LogP contribution in [0.5, 0.6) is 0 Å². The first-order valence-corrected chi connectivity index (χ1v) is 7.87. The maximum Gasteiger partial charge on any atom is 0.303 e. The number of carbonyl (C=O) groups is 2. The van der Waals surface area contributed by atoms with E-state index in [4.69, 9.17) is 5.11 Å². The highest BCUT2D eigenvalue weighted by atomic mass is 32.2. The molecule has 2 aliphatic heterocycles. The van der Waals surface area contributed by atoms with Crippen molar-refractivity contribution in [1.29, 1.82) is 0 Å². The minimum atomic E-state index is -0.761. The summed E-state index contributed by atoms with van der Waals surface area (Å²) >= 11 is 1.76. The summed E-state index contributed by atoms with van der Waals surface area (Å²) < 4.78 is 0. The third-order valence-corrected chi connectivity index (χ3v) is 5.17. The maximum absolute atomic E-state index is 12.4.